The number of hydrogen-bond acceptors (Lipinski definition) is 4. The average molecular weight is 404 g/mol. The van der Waals surface area contributed by atoms with Crippen molar-refractivity contribution < 1.29 is 4.79 Å². The van der Waals surface area contributed by atoms with E-state index < -0.39 is 0 Å². The summed E-state index contributed by atoms with van der Waals surface area (Å²) in [6, 6.07) is 15.2. The molecule has 2 aromatic carbocycles. The summed E-state index contributed by atoms with van der Waals surface area (Å²) in [4.78, 5) is 13.5. The van der Waals surface area contributed by atoms with Gasteiger partial charge in [-0.2, -0.15) is 4.80 Å². The second kappa shape index (κ2) is 9.48. The molecule has 27 heavy (non-hydrogen) atoms. The number of aryl methyl sites for hydroxylation is 1. The number of rotatable bonds is 8. The third-order valence-corrected chi connectivity index (χ3v) is 4.85. The number of tetrazole rings is 1. The van der Waals surface area contributed by atoms with Crippen LogP contribution in [0.5, 0.6) is 0 Å². The van der Waals surface area contributed by atoms with Crippen molar-refractivity contribution in [3.8, 4) is 11.4 Å². The summed E-state index contributed by atoms with van der Waals surface area (Å²) < 4.78 is 0. The quantitative estimate of drug-likeness (QED) is 0.620. The number of benzene rings is 2. The van der Waals surface area contributed by atoms with Gasteiger partial charge in [-0.3, -0.25) is 4.79 Å². The summed E-state index contributed by atoms with van der Waals surface area (Å²) >= 11 is 12.1. The summed E-state index contributed by atoms with van der Waals surface area (Å²) in [5.74, 6) is 0.565. The largest absolute Gasteiger partial charge is 0.356 e. The van der Waals surface area contributed by atoms with Crippen molar-refractivity contribution in [3.63, 3.8) is 0 Å². The van der Waals surface area contributed by atoms with Crippen LogP contribution >= 0.6 is 23.2 Å². The van der Waals surface area contributed by atoms with Gasteiger partial charge < -0.3 is 5.32 Å². The molecule has 8 heteroatoms. The lowest BCUT2D eigenvalue weighted by atomic mass is 10.1. The van der Waals surface area contributed by atoms with Crippen LogP contribution in [0.4, 0.5) is 0 Å². The highest BCUT2D eigenvalue weighted by Gasteiger charge is 2.08. The maximum Gasteiger partial charge on any atom is 0.220 e. The molecule has 0 saturated carbocycles. The number of nitrogens with zero attached hydrogens (tertiary/aromatic N) is 4. The Morgan fingerprint density at radius 2 is 1.89 bits per heavy atom. The molecule has 0 radical (unpaired) electrons. The molecule has 140 valence electrons. The third kappa shape index (κ3) is 5.52. The van der Waals surface area contributed by atoms with Gasteiger partial charge in [-0.1, -0.05) is 65.7 Å². The highest BCUT2D eigenvalue weighted by atomic mass is 35.5. The van der Waals surface area contributed by atoms with Gasteiger partial charge >= 0.3 is 0 Å². The molecule has 0 saturated heterocycles. The van der Waals surface area contributed by atoms with Crippen LogP contribution in [0.3, 0.4) is 0 Å². The Kier molecular flexibility index (Phi) is 6.79. The second-order valence-electron chi connectivity index (χ2n) is 5.99. The molecule has 1 amide bonds. The van der Waals surface area contributed by atoms with E-state index in [0.717, 1.165) is 11.1 Å². The van der Waals surface area contributed by atoms with Gasteiger partial charge in [-0.15, -0.1) is 10.2 Å². The number of carbonyl (C=O) groups excluding carboxylic acids is 1. The van der Waals surface area contributed by atoms with Crippen molar-refractivity contribution in [2.75, 3.05) is 6.54 Å². The van der Waals surface area contributed by atoms with E-state index in [2.05, 4.69) is 20.7 Å². The Bertz CT molecular complexity index is 898. The molecule has 1 aromatic heterocycles. The summed E-state index contributed by atoms with van der Waals surface area (Å²) in [5, 5.41) is 16.4. The third-order valence-electron chi connectivity index (χ3n) is 3.99. The van der Waals surface area contributed by atoms with E-state index in [4.69, 9.17) is 23.2 Å². The molecular weight excluding hydrogens is 385 g/mol. The van der Waals surface area contributed by atoms with Gasteiger partial charge in [0, 0.05) is 18.5 Å². The van der Waals surface area contributed by atoms with Crippen molar-refractivity contribution in [1.82, 2.24) is 25.5 Å². The standard InChI is InChI=1S/C19H19Cl2N5O/c20-16-9-4-8-14(18(16)21)11-12-22-17(27)10-5-13-26-24-19(23-25-26)15-6-2-1-3-7-15/h1-4,6-9H,5,10-13H2,(H,22,27). The molecule has 0 bridgehead atoms. The number of aromatic nitrogens is 4. The van der Waals surface area contributed by atoms with Gasteiger partial charge in [-0.25, -0.2) is 0 Å². The molecule has 0 fully saturated rings. The van der Waals surface area contributed by atoms with Crippen LogP contribution in [0.1, 0.15) is 18.4 Å². The zero-order valence-electron chi connectivity index (χ0n) is 14.6. The molecule has 6 nitrogen and oxygen atoms in total. The molecule has 0 unspecified atom stereocenters. The summed E-state index contributed by atoms with van der Waals surface area (Å²) in [6.45, 7) is 1.05. The first kappa shape index (κ1) is 19.3. The van der Waals surface area contributed by atoms with Crippen LogP contribution in [0.15, 0.2) is 48.5 Å². The van der Waals surface area contributed by atoms with Crippen LogP contribution in [0, 0.1) is 0 Å². The number of hydrogen-bond donors (Lipinski definition) is 1. The van der Waals surface area contributed by atoms with E-state index in [1.165, 1.54) is 4.80 Å². The number of carbonyl (C=O) groups is 1. The second-order valence-corrected chi connectivity index (χ2v) is 6.78. The Hall–Kier alpha value is -2.44. The van der Waals surface area contributed by atoms with Gasteiger partial charge in [0.25, 0.3) is 0 Å². The van der Waals surface area contributed by atoms with Crippen LogP contribution < -0.4 is 5.32 Å². The maximum absolute atomic E-state index is 12.0. The van der Waals surface area contributed by atoms with Crippen molar-refractivity contribution >= 4 is 29.1 Å². The minimum Gasteiger partial charge on any atom is -0.356 e. The smallest absolute Gasteiger partial charge is 0.220 e. The van der Waals surface area contributed by atoms with Gasteiger partial charge in [0.2, 0.25) is 11.7 Å². The molecule has 3 rings (SSSR count). The zero-order valence-corrected chi connectivity index (χ0v) is 16.1. The summed E-state index contributed by atoms with van der Waals surface area (Å²) in [5.41, 5.74) is 1.84. The Labute approximate surface area is 167 Å². The molecule has 0 atom stereocenters. The SMILES string of the molecule is O=C(CCCn1nnc(-c2ccccc2)n1)NCCc1cccc(Cl)c1Cl. The Morgan fingerprint density at radius 3 is 2.70 bits per heavy atom. The molecule has 0 aliphatic heterocycles. The predicted molar refractivity (Wildman–Crippen MR) is 106 cm³/mol. The van der Waals surface area contributed by atoms with Crippen molar-refractivity contribution in [3.05, 3.63) is 64.1 Å². The molecule has 1 heterocycles. The monoisotopic (exact) mass is 403 g/mol. The van der Waals surface area contributed by atoms with Crippen molar-refractivity contribution in [2.45, 2.75) is 25.8 Å². The first-order chi connectivity index (χ1) is 13.1. The minimum absolute atomic E-state index is 0.0171. The van der Waals surface area contributed by atoms with E-state index in [-0.39, 0.29) is 5.91 Å². The fourth-order valence-corrected chi connectivity index (χ4v) is 3.00. The van der Waals surface area contributed by atoms with E-state index in [1.54, 1.807) is 6.07 Å². The van der Waals surface area contributed by atoms with Gasteiger partial charge in [0.05, 0.1) is 16.6 Å². The molecule has 0 aliphatic carbocycles. The van der Waals surface area contributed by atoms with E-state index in [1.807, 2.05) is 42.5 Å². The highest BCUT2D eigenvalue weighted by molar-refractivity contribution is 6.42. The lowest BCUT2D eigenvalue weighted by Gasteiger charge is -2.07. The van der Waals surface area contributed by atoms with E-state index >= 15 is 0 Å². The normalized spacial score (nSPS) is 10.7. The Balaban J connectivity index is 1.39. The average Bonchev–Trinajstić information content (AvgIpc) is 3.15. The summed E-state index contributed by atoms with van der Waals surface area (Å²) in [7, 11) is 0. The topological polar surface area (TPSA) is 72.7 Å². The van der Waals surface area contributed by atoms with Gasteiger partial charge in [0.1, 0.15) is 0 Å². The van der Waals surface area contributed by atoms with Crippen LogP contribution in [0.25, 0.3) is 11.4 Å². The van der Waals surface area contributed by atoms with Crippen molar-refractivity contribution in [2.24, 2.45) is 0 Å². The fourth-order valence-electron chi connectivity index (χ4n) is 2.59. The first-order valence-corrected chi connectivity index (χ1v) is 9.42. The molecule has 3 aromatic rings. The number of nitrogens with one attached hydrogen (secondary N) is 1. The van der Waals surface area contributed by atoms with E-state index in [0.29, 0.717) is 48.2 Å². The summed E-state index contributed by atoms with van der Waals surface area (Å²) in [6.07, 6.45) is 1.66. The maximum atomic E-state index is 12.0. The minimum atomic E-state index is -0.0171. The predicted octanol–water partition coefficient (Wildman–Crippen LogP) is 3.79. The highest BCUT2D eigenvalue weighted by Crippen LogP contribution is 2.25. The molecule has 1 N–H and O–H groups in total. The Morgan fingerprint density at radius 1 is 1.07 bits per heavy atom. The van der Waals surface area contributed by atoms with E-state index in [9.17, 15) is 4.79 Å². The lowest BCUT2D eigenvalue weighted by molar-refractivity contribution is -0.121. The zero-order chi connectivity index (χ0) is 19.1. The van der Waals surface area contributed by atoms with Crippen LogP contribution in [0.2, 0.25) is 10.0 Å². The number of halogens is 2. The molecule has 0 spiro atoms. The van der Waals surface area contributed by atoms with Crippen molar-refractivity contribution in [1.29, 1.82) is 0 Å². The lowest BCUT2D eigenvalue weighted by Crippen LogP contribution is -2.25. The van der Waals surface area contributed by atoms with Crippen LogP contribution in [-0.2, 0) is 17.8 Å². The molecule has 0 aliphatic rings. The fraction of sp³-hybridized carbons (Fsp3) is 0.263. The van der Waals surface area contributed by atoms with Crippen LogP contribution in [-0.4, -0.2) is 32.7 Å². The molecular formula is C19H19Cl2N5O. The van der Waals surface area contributed by atoms with Gasteiger partial charge in [-0.05, 0) is 29.7 Å². The first-order valence-electron chi connectivity index (χ1n) is 8.66. The number of amides is 1. The van der Waals surface area contributed by atoms with Gasteiger partial charge in [0.15, 0.2) is 0 Å².